The van der Waals surface area contributed by atoms with Crippen LogP contribution in [-0.2, 0) is 13.0 Å². The second kappa shape index (κ2) is 6.74. The normalized spacial score (nSPS) is 11.4. The van der Waals surface area contributed by atoms with E-state index in [1.54, 1.807) is 12.1 Å². The molecule has 0 aliphatic carbocycles. The number of hydrogen-bond donors (Lipinski definition) is 1. The predicted octanol–water partition coefficient (Wildman–Crippen LogP) is 4.12. The Labute approximate surface area is 125 Å². The first-order valence-electron chi connectivity index (χ1n) is 7.76. The van der Waals surface area contributed by atoms with E-state index in [1.165, 1.54) is 0 Å². The number of aromatic carboxylic acids is 1. The van der Waals surface area contributed by atoms with Crippen molar-refractivity contribution in [3.05, 3.63) is 29.6 Å². The largest absolute Gasteiger partial charge is 0.478 e. The lowest BCUT2D eigenvalue weighted by Crippen LogP contribution is -2.08. The van der Waals surface area contributed by atoms with Crippen LogP contribution in [0.2, 0.25) is 0 Å². The third kappa shape index (κ3) is 3.43. The quantitative estimate of drug-likeness (QED) is 0.833. The maximum absolute atomic E-state index is 11.5. The molecule has 0 bridgehead atoms. The van der Waals surface area contributed by atoms with Gasteiger partial charge < -0.3 is 9.67 Å². The van der Waals surface area contributed by atoms with Crippen molar-refractivity contribution in [3.8, 4) is 0 Å². The Bertz CT molecular complexity index is 629. The van der Waals surface area contributed by atoms with Crippen LogP contribution in [0.25, 0.3) is 11.0 Å². The van der Waals surface area contributed by atoms with Crippen molar-refractivity contribution in [3.63, 3.8) is 0 Å². The van der Waals surface area contributed by atoms with Crippen molar-refractivity contribution in [1.29, 1.82) is 0 Å². The highest BCUT2D eigenvalue weighted by molar-refractivity contribution is 6.01. The van der Waals surface area contributed by atoms with Gasteiger partial charge in [-0.15, -0.1) is 0 Å². The Balaban J connectivity index is 2.46. The number of benzene rings is 1. The van der Waals surface area contributed by atoms with E-state index in [0.717, 1.165) is 49.1 Å². The number of hydrogen-bond acceptors (Lipinski definition) is 2. The minimum Gasteiger partial charge on any atom is -0.478 e. The summed E-state index contributed by atoms with van der Waals surface area (Å²) in [6.07, 6.45) is 4.08. The van der Waals surface area contributed by atoms with Crippen LogP contribution in [-0.4, -0.2) is 20.6 Å². The summed E-state index contributed by atoms with van der Waals surface area (Å²) in [7, 11) is 0. The lowest BCUT2D eigenvalue weighted by molar-refractivity contribution is 0.0698. The fraction of sp³-hybridized carbons (Fsp3) is 0.529. The van der Waals surface area contributed by atoms with Gasteiger partial charge in [0.25, 0.3) is 0 Å². The molecule has 21 heavy (non-hydrogen) atoms. The molecule has 4 nitrogen and oxygen atoms in total. The van der Waals surface area contributed by atoms with Crippen molar-refractivity contribution in [2.24, 2.45) is 5.92 Å². The van der Waals surface area contributed by atoms with Gasteiger partial charge in [0.15, 0.2) is 0 Å². The van der Waals surface area contributed by atoms with E-state index in [2.05, 4.69) is 30.3 Å². The maximum atomic E-state index is 11.5. The van der Waals surface area contributed by atoms with Crippen LogP contribution in [0.15, 0.2) is 18.2 Å². The van der Waals surface area contributed by atoms with E-state index in [0.29, 0.717) is 11.5 Å². The first-order chi connectivity index (χ1) is 10.0. The van der Waals surface area contributed by atoms with Gasteiger partial charge in [0, 0.05) is 13.0 Å². The molecule has 0 saturated carbocycles. The van der Waals surface area contributed by atoms with Crippen LogP contribution in [0.3, 0.4) is 0 Å². The Hall–Kier alpha value is -1.84. The second-order valence-electron chi connectivity index (χ2n) is 5.94. The van der Waals surface area contributed by atoms with Crippen LogP contribution >= 0.6 is 0 Å². The minimum atomic E-state index is -0.881. The molecule has 4 heteroatoms. The Kier molecular flexibility index (Phi) is 4.99. The summed E-state index contributed by atoms with van der Waals surface area (Å²) in [5.41, 5.74) is 1.92. The van der Waals surface area contributed by atoms with E-state index >= 15 is 0 Å². The van der Waals surface area contributed by atoms with Gasteiger partial charge in [0.2, 0.25) is 0 Å². The molecule has 0 saturated heterocycles. The molecule has 1 aromatic heterocycles. The van der Waals surface area contributed by atoms with Crippen molar-refractivity contribution in [2.75, 3.05) is 0 Å². The first-order valence-corrected chi connectivity index (χ1v) is 7.76. The molecule has 114 valence electrons. The molecule has 0 spiro atoms. The highest BCUT2D eigenvalue weighted by atomic mass is 16.4. The van der Waals surface area contributed by atoms with Crippen molar-refractivity contribution < 1.29 is 9.90 Å². The molecule has 0 aliphatic rings. The number of nitrogens with zero attached hydrogens (tertiary/aromatic N) is 2. The molecule has 0 atom stereocenters. The fourth-order valence-electron chi connectivity index (χ4n) is 2.72. The standard InChI is InChI=1S/C17H24N2O2/c1-4-7-15-18-14-10-5-9-13(17(20)21)16(14)19(15)11-6-8-12(2)3/h5,9-10,12H,4,6-8,11H2,1-3H3,(H,20,21). The number of carboxylic acid groups (broad SMARTS) is 1. The van der Waals surface area contributed by atoms with Crippen molar-refractivity contribution in [1.82, 2.24) is 9.55 Å². The maximum Gasteiger partial charge on any atom is 0.337 e. The molecule has 0 aliphatic heterocycles. The SMILES string of the molecule is CCCc1nc2cccc(C(=O)O)c2n1CCCC(C)C. The lowest BCUT2D eigenvalue weighted by atomic mass is 10.1. The van der Waals surface area contributed by atoms with Crippen LogP contribution < -0.4 is 0 Å². The van der Waals surface area contributed by atoms with E-state index in [4.69, 9.17) is 0 Å². The molecule has 1 aromatic carbocycles. The molecule has 2 aromatic rings. The number of imidazole rings is 1. The topological polar surface area (TPSA) is 55.1 Å². The zero-order valence-corrected chi connectivity index (χ0v) is 13.1. The van der Waals surface area contributed by atoms with Crippen molar-refractivity contribution in [2.45, 2.75) is 53.0 Å². The Morgan fingerprint density at radius 2 is 2.14 bits per heavy atom. The average Bonchev–Trinajstić information content (AvgIpc) is 2.76. The average molecular weight is 288 g/mol. The first kappa shape index (κ1) is 15.5. The molecule has 1 heterocycles. The molecular formula is C17H24N2O2. The number of carboxylic acids is 1. The molecule has 1 N–H and O–H groups in total. The number of aromatic nitrogens is 2. The molecule has 2 rings (SSSR count). The van der Waals surface area contributed by atoms with Gasteiger partial charge in [-0.25, -0.2) is 9.78 Å². The summed E-state index contributed by atoms with van der Waals surface area (Å²) in [6.45, 7) is 7.38. The van der Waals surface area contributed by atoms with E-state index in [-0.39, 0.29) is 0 Å². The van der Waals surface area contributed by atoms with Gasteiger partial charge in [0.1, 0.15) is 5.82 Å². The van der Waals surface area contributed by atoms with Crippen LogP contribution in [0.4, 0.5) is 0 Å². The van der Waals surface area contributed by atoms with E-state index < -0.39 is 5.97 Å². The summed E-state index contributed by atoms with van der Waals surface area (Å²) < 4.78 is 2.12. The third-order valence-electron chi connectivity index (χ3n) is 3.71. The van der Waals surface area contributed by atoms with Gasteiger partial charge >= 0.3 is 5.97 Å². The highest BCUT2D eigenvalue weighted by Gasteiger charge is 2.17. The highest BCUT2D eigenvalue weighted by Crippen LogP contribution is 2.23. The van der Waals surface area contributed by atoms with Gasteiger partial charge in [-0.2, -0.15) is 0 Å². The number of rotatable bonds is 7. The zero-order valence-electron chi connectivity index (χ0n) is 13.1. The number of aryl methyl sites for hydroxylation is 2. The number of para-hydroxylation sites is 1. The van der Waals surface area contributed by atoms with Gasteiger partial charge in [-0.1, -0.05) is 26.8 Å². The van der Waals surface area contributed by atoms with Crippen LogP contribution in [0, 0.1) is 5.92 Å². The van der Waals surface area contributed by atoms with E-state index in [9.17, 15) is 9.90 Å². The molecular weight excluding hydrogens is 264 g/mol. The monoisotopic (exact) mass is 288 g/mol. The summed E-state index contributed by atoms with van der Waals surface area (Å²) in [5.74, 6) is 0.784. The molecule has 0 fully saturated rings. The summed E-state index contributed by atoms with van der Waals surface area (Å²) in [4.78, 5) is 16.1. The lowest BCUT2D eigenvalue weighted by Gasteiger charge is -2.11. The zero-order chi connectivity index (χ0) is 15.4. The van der Waals surface area contributed by atoms with Gasteiger partial charge in [-0.05, 0) is 37.3 Å². The molecule has 0 unspecified atom stereocenters. The fourth-order valence-corrected chi connectivity index (χ4v) is 2.72. The summed E-state index contributed by atoms with van der Waals surface area (Å²) >= 11 is 0. The number of fused-ring (bicyclic) bond motifs is 1. The molecule has 0 amide bonds. The van der Waals surface area contributed by atoms with Crippen LogP contribution in [0.5, 0.6) is 0 Å². The van der Waals surface area contributed by atoms with Gasteiger partial charge in [0.05, 0.1) is 16.6 Å². The Morgan fingerprint density at radius 1 is 1.38 bits per heavy atom. The van der Waals surface area contributed by atoms with Gasteiger partial charge in [-0.3, -0.25) is 0 Å². The van der Waals surface area contributed by atoms with Crippen molar-refractivity contribution >= 4 is 17.0 Å². The van der Waals surface area contributed by atoms with Crippen LogP contribution in [0.1, 0.15) is 56.2 Å². The Morgan fingerprint density at radius 3 is 2.76 bits per heavy atom. The molecule has 0 radical (unpaired) electrons. The predicted molar refractivity (Wildman–Crippen MR) is 84.8 cm³/mol. The summed E-state index contributed by atoms with van der Waals surface area (Å²) in [6, 6.07) is 5.34. The number of carbonyl (C=O) groups is 1. The second-order valence-corrected chi connectivity index (χ2v) is 5.94. The third-order valence-corrected chi connectivity index (χ3v) is 3.71. The van der Waals surface area contributed by atoms with E-state index in [1.807, 2.05) is 6.07 Å². The summed E-state index contributed by atoms with van der Waals surface area (Å²) in [5, 5.41) is 9.42. The smallest absolute Gasteiger partial charge is 0.337 e. The minimum absolute atomic E-state index is 0.354.